The number of aliphatic hydroxyl groups is 3. The van der Waals surface area contributed by atoms with Crippen LogP contribution in [0.1, 0.15) is 24.5 Å². The van der Waals surface area contributed by atoms with Crippen molar-refractivity contribution in [3.63, 3.8) is 0 Å². The lowest BCUT2D eigenvalue weighted by Gasteiger charge is -2.22. The summed E-state index contributed by atoms with van der Waals surface area (Å²) in [5.74, 6) is -2.56. The van der Waals surface area contributed by atoms with Gasteiger partial charge in [0.15, 0.2) is 11.6 Å². The van der Waals surface area contributed by atoms with E-state index in [-0.39, 0.29) is 5.56 Å². The van der Waals surface area contributed by atoms with Crippen molar-refractivity contribution in [3.05, 3.63) is 35.4 Å². The van der Waals surface area contributed by atoms with Crippen LogP contribution in [0.2, 0.25) is 0 Å². The van der Waals surface area contributed by atoms with Crippen molar-refractivity contribution in [2.24, 2.45) is 5.92 Å². The molecular weight excluding hydrogens is 230 g/mol. The van der Waals surface area contributed by atoms with Gasteiger partial charge in [-0.1, -0.05) is 6.07 Å². The minimum absolute atomic E-state index is 0.210. The zero-order valence-electron chi connectivity index (χ0n) is 9.05. The van der Waals surface area contributed by atoms with Crippen molar-refractivity contribution in [1.82, 2.24) is 0 Å². The Labute approximate surface area is 97.3 Å². The second-order valence-corrected chi connectivity index (χ2v) is 4.42. The van der Waals surface area contributed by atoms with Crippen molar-refractivity contribution in [2.75, 3.05) is 0 Å². The number of benzene rings is 1. The van der Waals surface area contributed by atoms with Crippen molar-refractivity contribution in [3.8, 4) is 0 Å². The van der Waals surface area contributed by atoms with Gasteiger partial charge in [-0.3, -0.25) is 0 Å². The summed E-state index contributed by atoms with van der Waals surface area (Å²) in [4.78, 5) is 0. The van der Waals surface area contributed by atoms with Crippen LogP contribution in [-0.4, -0.2) is 27.5 Å². The standard InChI is InChI=1S/C12H14F2O3/c13-8-3-1-6(5-9(8)14)11(16)7-2-4-10(15)12(7)17/h1,3,5,7,10-12,15-17H,2,4H2/t7?,10?,11-,12?/m0/s1. The van der Waals surface area contributed by atoms with Gasteiger partial charge in [0.05, 0.1) is 18.3 Å². The van der Waals surface area contributed by atoms with Crippen LogP contribution in [0.25, 0.3) is 0 Å². The topological polar surface area (TPSA) is 60.7 Å². The Kier molecular flexibility index (Phi) is 3.42. The van der Waals surface area contributed by atoms with Gasteiger partial charge >= 0.3 is 0 Å². The normalized spacial score (nSPS) is 30.5. The molecule has 1 aromatic rings. The third-order valence-corrected chi connectivity index (χ3v) is 3.32. The fraction of sp³-hybridized carbons (Fsp3) is 0.500. The maximum Gasteiger partial charge on any atom is 0.159 e. The molecule has 4 atom stereocenters. The Bertz CT molecular complexity index is 411. The lowest BCUT2D eigenvalue weighted by atomic mass is 9.92. The summed E-state index contributed by atoms with van der Waals surface area (Å²) < 4.78 is 25.7. The van der Waals surface area contributed by atoms with Gasteiger partial charge in [-0.2, -0.15) is 0 Å². The van der Waals surface area contributed by atoms with Crippen LogP contribution < -0.4 is 0 Å². The summed E-state index contributed by atoms with van der Waals surface area (Å²) in [7, 11) is 0. The van der Waals surface area contributed by atoms with E-state index in [1.807, 2.05) is 0 Å². The molecule has 17 heavy (non-hydrogen) atoms. The molecule has 94 valence electrons. The molecule has 1 aliphatic carbocycles. The predicted molar refractivity (Wildman–Crippen MR) is 56.1 cm³/mol. The van der Waals surface area contributed by atoms with Crippen molar-refractivity contribution in [2.45, 2.75) is 31.2 Å². The average molecular weight is 244 g/mol. The maximum absolute atomic E-state index is 13.0. The molecule has 5 heteroatoms. The maximum atomic E-state index is 13.0. The molecule has 0 bridgehead atoms. The molecule has 3 unspecified atom stereocenters. The fourth-order valence-corrected chi connectivity index (χ4v) is 2.28. The summed E-state index contributed by atoms with van der Waals surface area (Å²) in [5.41, 5.74) is 0.210. The van der Waals surface area contributed by atoms with Crippen LogP contribution in [0, 0.1) is 17.6 Å². The zero-order valence-corrected chi connectivity index (χ0v) is 9.05. The summed E-state index contributed by atoms with van der Waals surface area (Å²) in [6.45, 7) is 0. The van der Waals surface area contributed by atoms with Crippen LogP contribution in [0.3, 0.4) is 0 Å². The van der Waals surface area contributed by atoms with Crippen molar-refractivity contribution >= 4 is 0 Å². The summed E-state index contributed by atoms with van der Waals surface area (Å²) in [6.07, 6.45) is -2.15. The van der Waals surface area contributed by atoms with Gasteiger partial charge in [0.25, 0.3) is 0 Å². The molecule has 0 saturated heterocycles. The minimum Gasteiger partial charge on any atom is -0.390 e. The monoisotopic (exact) mass is 244 g/mol. The lowest BCUT2D eigenvalue weighted by molar-refractivity contribution is -0.0210. The number of halogens is 2. The van der Waals surface area contributed by atoms with Gasteiger partial charge in [0, 0.05) is 5.92 Å². The van der Waals surface area contributed by atoms with Gasteiger partial charge in [0.2, 0.25) is 0 Å². The Hall–Kier alpha value is -1.04. The fourth-order valence-electron chi connectivity index (χ4n) is 2.28. The largest absolute Gasteiger partial charge is 0.390 e. The molecule has 0 aromatic heterocycles. The molecule has 1 aliphatic rings. The van der Waals surface area contributed by atoms with Crippen LogP contribution in [0.5, 0.6) is 0 Å². The van der Waals surface area contributed by atoms with E-state index in [1.54, 1.807) is 0 Å². The molecule has 3 N–H and O–H groups in total. The van der Waals surface area contributed by atoms with E-state index in [0.717, 1.165) is 12.1 Å². The second kappa shape index (κ2) is 4.68. The predicted octanol–water partition coefficient (Wildman–Crippen LogP) is 1.13. The molecule has 1 saturated carbocycles. The quantitative estimate of drug-likeness (QED) is 0.731. The SMILES string of the molecule is OC1CCC([C@@H](O)c2ccc(F)c(F)c2)C1O. The van der Waals surface area contributed by atoms with Crippen LogP contribution in [0.4, 0.5) is 8.78 Å². The van der Waals surface area contributed by atoms with E-state index in [4.69, 9.17) is 0 Å². The first kappa shape index (κ1) is 12.4. The van der Waals surface area contributed by atoms with Crippen LogP contribution >= 0.6 is 0 Å². The second-order valence-electron chi connectivity index (χ2n) is 4.42. The highest BCUT2D eigenvalue weighted by Crippen LogP contribution is 2.36. The van der Waals surface area contributed by atoms with E-state index >= 15 is 0 Å². The Morgan fingerprint density at radius 1 is 1.12 bits per heavy atom. The first-order valence-electron chi connectivity index (χ1n) is 5.50. The molecule has 1 fully saturated rings. The summed E-state index contributed by atoms with van der Waals surface area (Å²) in [5, 5.41) is 29.0. The van der Waals surface area contributed by atoms with Gasteiger partial charge in [0.1, 0.15) is 0 Å². The number of rotatable bonds is 2. The van der Waals surface area contributed by atoms with E-state index < -0.39 is 35.9 Å². The molecule has 0 aliphatic heterocycles. The third-order valence-electron chi connectivity index (χ3n) is 3.32. The third kappa shape index (κ3) is 2.31. The highest BCUT2D eigenvalue weighted by Gasteiger charge is 2.38. The molecule has 0 spiro atoms. The summed E-state index contributed by atoms with van der Waals surface area (Å²) >= 11 is 0. The highest BCUT2D eigenvalue weighted by atomic mass is 19.2. The molecule has 1 aromatic carbocycles. The van der Waals surface area contributed by atoms with E-state index in [9.17, 15) is 24.1 Å². The minimum atomic E-state index is -1.10. The molecule has 2 rings (SSSR count). The van der Waals surface area contributed by atoms with Crippen molar-refractivity contribution < 1.29 is 24.1 Å². The Balaban J connectivity index is 2.19. The number of hydrogen-bond donors (Lipinski definition) is 3. The zero-order chi connectivity index (χ0) is 12.6. The Morgan fingerprint density at radius 2 is 1.82 bits per heavy atom. The molecule has 0 amide bonds. The van der Waals surface area contributed by atoms with Gasteiger partial charge in [-0.25, -0.2) is 8.78 Å². The molecule has 0 radical (unpaired) electrons. The van der Waals surface area contributed by atoms with Gasteiger partial charge in [-0.05, 0) is 30.5 Å². The first-order chi connectivity index (χ1) is 8.00. The highest BCUT2D eigenvalue weighted by molar-refractivity contribution is 5.21. The van der Waals surface area contributed by atoms with Gasteiger partial charge < -0.3 is 15.3 Å². The Morgan fingerprint density at radius 3 is 2.35 bits per heavy atom. The summed E-state index contributed by atoms with van der Waals surface area (Å²) in [6, 6.07) is 3.13. The average Bonchev–Trinajstić information content (AvgIpc) is 2.63. The lowest BCUT2D eigenvalue weighted by Crippen LogP contribution is -2.28. The molecule has 0 heterocycles. The first-order valence-corrected chi connectivity index (χ1v) is 5.50. The molecule has 3 nitrogen and oxygen atoms in total. The number of aliphatic hydroxyl groups excluding tert-OH is 3. The van der Waals surface area contributed by atoms with Crippen LogP contribution in [-0.2, 0) is 0 Å². The molecular formula is C12H14F2O3. The van der Waals surface area contributed by atoms with Gasteiger partial charge in [-0.15, -0.1) is 0 Å². The van der Waals surface area contributed by atoms with Crippen LogP contribution in [0.15, 0.2) is 18.2 Å². The van der Waals surface area contributed by atoms with E-state index in [2.05, 4.69) is 0 Å². The smallest absolute Gasteiger partial charge is 0.159 e. The van der Waals surface area contributed by atoms with Crippen molar-refractivity contribution in [1.29, 1.82) is 0 Å². The number of hydrogen-bond acceptors (Lipinski definition) is 3. The van der Waals surface area contributed by atoms with E-state index in [0.29, 0.717) is 12.8 Å². The van der Waals surface area contributed by atoms with E-state index in [1.165, 1.54) is 6.07 Å².